The van der Waals surface area contributed by atoms with Gasteiger partial charge in [-0.2, -0.15) is 0 Å². The molecule has 0 fully saturated rings. The van der Waals surface area contributed by atoms with Gasteiger partial charge in [-0.05, 0) is 39.7 Å². The van der Waals surface area contributed by atoms with Gasteiger partial charge >= 0.3 is 0 Å². The van der Waals surface area contributed by atoms with Crippen molar-refractivity contribution >= 4 is 15.9 Å². The summed E-state index contributed by atoms with van der Waals surface area (Å²) in [6.07, 6.45) is -1.41. The topological polar surface area (TPSA) is 20.2 Å². The molecular formula is C14H9BrF4O. The van der Waals surface area contributed by atoms with Crippen LogP contribution >= 0.6 is 15.9 Å². The van der Waals surface area contributed by atoms with Crippen LogP contribution in [-0.4, -0.2) is 5.11 Å². The molecule has 0 heterocycles. The second-order valence-corrected chi connectivity index (χ2v) is 5.09. The summed E-state index contributed by atoms with van der Waals surface area (Å²) in [5.74, 6) is -4.83. The van der Waals surface area contributed by atoms with Crippen molar-refractivity contribution in [3.05, 3.63) is 69.2 Å². The molecule has 0 saturated heterocycles. The van der Waals surface area contributed by atoms with E-state index < -0.39 is 29.4 Å². The Bertz CT molecular complexity index is 645. The van der Waals surface area contributed by atoms with E-state index in [0.717, 1.165) is 12.1 Å². The summed E-state index contributed by atoms with van der Waals surface area (Å²) < 4.78 is 52.7. The molecule has 1 nitrogen and oxygen atoms in total. The minimum absolute atomic E-state index is 0.0547. The minimum atomic E-state index is -1.62. The first-order valence-electron chi connectivity index (χ1n) is 5.65. The number of hydrogen-bond donors (Lipinski definition) is 1. The lowest BCUT2D eigenvalue weighted by atomic mass is 10.0. The molecule has 0 aliphatic heterocycles. The van der Waals surface area contributed by atoms with E-state index >= 15 is 0 Å². The van der Waals surface area contributed by atoms with Gasteiger partial charge in [0.05, 0.1) is 10.6 Å². The molecule has 2 rings (SSSR count). The summed E-state index contributed by atoms with van der Waals surface area (Å²) in [4.78, 5) is 0. The smallest absolute Gasteiger partial charge is 0.194 e. The van der Waals surface area contributed by atoms with Crippen LogP contribution in [-0.2, 0) is 6.42 Å². The summed E-state index contributed by atoms with van der Waals surface area (Å²) in [5.41, 5.74) is 0.180. The van der Waals surface area contributed by atoms with E-state index in [4.69, 9.17) is 0 Å². The zero-order valence-electron chi connectivity index (χ0n) is 10.0. The Labute approximate surface area is 121 Å². The number of rotatable bonds is 3. The second-order valence-electron chi connectivity index (χ2n) is 4.23. The Hall–Kier alpha value is -1.40. The van der Waals surface area contributed by atoms with Crippen molar-refractivity contribution in [1.29, 1.82) is 0 Å². The van der Waals surface area contributed by atoms with Crippen LogP contribution in [0.3, 0.4) is 0 Å². The average Bonchev–Trinajstić information content (AvgIpc) is 2.40. The van der Waals surface area contributed by atoms with E-state index in [1.807, 2.05) is 0 Å². The molecule has 0 bridgehead atoms. The van der Waals surface area contributed by atoms with E-state index in [0.29, 0.717) is 5.56 Å². The third kappa shape index (κ3) is 3.02. The normalized spacial score (nSPS) is 12.5. The van der Waals surface area contributed by atoms with Crippen LogP contribution < -0.4 is 0 Å². The van der Waals surface area contributed by atoms with E-state index in [1.54, 1.807) is 0 Å². The molecule has 0 aromatic heterocycles. The molecule has 0 aliphatic rings. The molecule has 106 valence electrons. The molecule has 2 aromatic rings. The fourth-order valence-corrected chi connectivity index (χ4v) is 2.22. The maximum Gasteiger partial charge on any atom is 0.194 e. The SMILES string of the molecule is OC(Cc1ccc(F)c(Br)c1)c1ccc(F)c(F)c1F. The standard InChI is InChI=1S/C14H9BrF4O/c15-9-5-7(1-3-10(9)16)6-12(20)8-2-4-11(17)14(19)13(8)18/h1-5,12,20H,6H2. The highest BCUT2D eigenvalue weighted by atomic mass is 79.9. The maximum absolute atomic E-state index is 13.5. The van der Waals surface area contributed by atoms with Crippen LogP contribution in [0.5, 0.6) is 0 Å². The Morgan fingerprint density at radius 3 is 2.25 bits per heavy atom. The molecule has 1 unspecified atom stereocenters. The predicted octanol–water partition coefficient (Wildman–Crippen LogP) is 4.28. The van der Waals surface area contributed by atoms with Gasteiger partial charge in [-0.25, -0.2) is 17.6 Å². The average molecular weight is 349 g/mol. The third-order valence-electron chi connectivity index (χ3n) is 2.84. The number of hydrogen-bond acceptors (Lipinski definition) is 1. The Morgan fingerprint density at radius 2 is 1.60 bits per heavy atom. The highest BCUT2D eigenvalue weighted by molar-refractivity contribution is 9.10. The molecule has 1 N–H and O–H groups in total. The number of benzene rings is 2. The van der Waals surface area contributed by atoms with Gasteiger partial charge in [-0.15, -0.1) is 0 Å². The third-order valence-corrected chi connectivity index (χ3v) is 3.44. The van der Waals surface area contributed by atoms with E-state index in [2.05, 4.69) is 15.9 Å². The largest absolute Gasteiger partial charge is 0.388 e. The highest BCUT2D eigenvalue weighted by Gasteiger charge is 2.19. The second kappa shape index (κ2) is 5.93. The Balaban J connectivity index is 2.26. The van der Waals surface area contributed by atoms with Crippen molar-refractivity contribution in [2.75, 3.05) is 0 Å². The van der Waals surface area contributed by atoms with Crippen LogP contribution in [0.4, 0.5) is 17.6 Å². The lowest BCUT2D eigenvalue weighted by Crippen LogP contribution is -2.07. The lowest BCUT2D eigenvalue weighted by molar-refractivity contribution is 0.172. The lowest BCUT2D eigenvalue weighted by Gasteiger charge is -2.13. The van der Waals surface area contributed by atoms with Crippen molar-refractivity contribution in [1.82, 2.24) is 0 Å². The van der Waals surface area contributed by atoms with Crippen molar-refractivity contribution in [3.8, 4) is 0 Å². The summed E-state index contributed by atoms with van der Waals surface area (Å²) >= 11 is 2.99. The number of halogens is 5. The van der Waals surface area contributed by atoms with Crippen molar-refractivity contribution in [2.24, 2.45) is 0 Å². The quantitative estimate of drug-likeness (QED) is 0.648. The van der Waals surface area contributed by atoms with E-state index in [1.165, 1.54) is 18.2 Å². The van der Waals surface area contributed by atoms with Crippen molar-refractivity contribution < 1.29 is 22.7 Å². The first-order chi connectivity index (χ1) is 9.40. The fourth-order valence-electron chi connectivity index (χ4n) is 1.80. The first-order valence-corrected chi connectivity index (χ1v) is 6.45. The summed E-state index contributed by atoms with van der Waals surface area (Å²) in [5, 5.41) is 9.89. The maximum atomic E-state index is 13.5. The van der Waals surface area contributed by atoms with Gasteiger partial charge in [-0.3, -0.25) is 0 Å². The molecule has 1 atom stereocenters. The van der Waals surface area contributed by atoms with E-state index in [9.17, 15) is 22.7 Å². The zero-order valence-corrected chi connectivity index (χ0v) is 11.6. The van der Waals surface area contributed by atoms with Crippen LogP contribution in [0.15, 0.2) is 34.8 Å². The summed E-state index contributed by atoms with van der Waals surface area (Å²) in [6, 6.07) is 5.76. The molecule has 0 amide bonds. The molecule has 0 spiro atoms. The van der Waals surface area contributed by atoms with Crippen molar-refractivity contribution in [3.63, 3.8) is 0 Å². The Kier molecular flexibility index (Phi) is 4.45. The number of aliphatic hydroxyl groups is 1. The molecule has 0 radical (unpaired) electrons. The fraction of sp³-hybridized carbons (Fsp3) is 0.143. The molecular weight excluding hydrogens is 340 g/mol. The van der Waals surface area contributed by atoms with Gasteiger partial charge in [0.15, 0.2) is 17.5 Å². The monoisotopic (exact) mass is 348 g/mol. The van der Waals surface area contributed by atoms with Crippen LogP contribution in [0.25, 0.3) is 0 Å². The van der Waals surface area contributed by atoms with Crippen molar-refractivity contribution in [2.45, 2.75) is 12.5 Å². The van der Waals surface area contributed by atoms with Crippen LogP contribution in [0.2, 0.25) is 0 Å². The minimum Gasteiger partial charge on any atom is -0.388 e. The van der Waals surface area contributed by atoms with Gasteiger partial charge in [0.2, 0.25) is 0 Å². The predicted molar refractivity (Wildman–Crippen MR) is 69.1 cm³/mol. The van der Waals surface area contributed by atoms with Gasteiger partial charge in [0, 0.05) is 12.0 Å². The molecule has 0 aliphatic carbocycles. The summed E-state index contributed by atoms with van der Waals surface area (Å²) in [7, 11) is 0. The van der Waals surface area contributed by atoms with Gasteiger partial charge in [-0.1, -0.05) is 12.1 Å². The van der Waals surface area contributed by atoms with Gasteiger partial charge < -0.3 is 5.11 Å². The zero-order chi connectivity index (χ0) is 14.9. The van der Waals surface area contributed by atoms with Gasteiger partial charge in [0.1, 0.15) is 5.82 Å². The first kappa shape index (κ1) is 15.0. The van der Waals surface area contributed by atoms with Crippen LogP contribution in [0.1, 0.15) is 17.2 Å². The van der Waals surface area contributed by atoms with Crippen LogP contribution in [0, 0.1) is 23.3 Å². The molecule has 2 aromatic carbocycles. The molecule has 6 heteroatoms. The molecule has 0 saturated carbocycles. The van der Waals surface area contributed by atoms with E-state index in [-0.39, 0.29) is 16.5 Å². The molecule has 20 heavy (non-hydrogen) atoms. The highest BCUT2D eigenvalue weighted by Crippen LogP contribution is 2.26. The Morgan fingerprint density at radius 1 is 0.950 bits per heavy atom. The number of aliphatic hydroxyl groups excluding tert-OH is 1. The van der Waals surface area contributed by atoms with Gasteiger partial charge in [0.25, 0.3) is 0 Å². The summed E-state index contributed by atoms with van der Waals surface area (Å²) in [6.45, 7) is 0.